The van der Waals surface area contributed by atoms with Crippen molar-refractivity contribution in [1.82, 2.24) is 0 Å². The predicted octanol–water partition coefficient (Wildman–Crippen LogP) is 6.59. The van der Waals surface area contributed by atoms with Gasteiger partial charge in [0.2, 0.25) is 0 Å². The molecule has 0 spiro atoms. The second-order valence-corrected chi connectivity index (χ2v) is 9.16. The van der Waals surface area contributed by atoms with Gasteiger partial charge in [0.25, 0.3) is 0 Å². The van der Waals surface area contributed by atoms with Gasteiger partial charge in [0.05, 0.1) is 16.7 Å². The lowest BCUT2D eigenvalue weighted by Crippen LogP contribution is -2.09. The van der Waals surface area contributed by atoms with Crippen LogP contribution in [-0.2, 0) is 10.1 Å². The van der Waals surface area contributed by atoms with E-state index in [4.69, 9.17) is 27.4 Å². The van der Waals surface area contributed by atoms with E-state index in [2.05, 4.69) is 22.0 Å². The highest BCUT2D eigenvalue weighted by Crippen LogP contribution is 2.30. The third-order valence-corrected chi connectivity index (χ3v) is 6.17. The molecule has 0 radical (unpaired) electrons. The summed E-state index contributed by atoms with van der Waals surface area (Å²) >= 11 is 15.4. The third-order valence-electron chi connectivity index (χ3n) is 3.84. The Hall–Kier alpha value is -2.30. The Bertz CT molecular complexity index is 1220. The number of benzene rings is 3. The van der Waals surface area contributed by atoms with Crippen LogP contribution in [0.5, 0.6) is 5.75 Å². The number of hydrogen-bond donors (Lipinski definition) is 0. The Kier molecular flexibility index (Phi) is 6.66. The normalized spacial score (nSPS) is 11.7. The quantitative estimate of drug-likeness (QED) is 0.221. The zero-order valence-electron chi connectivity index (χ0n) is 14.6. The molecular weight excluding hydrogens is 497 g/mol. The van der Waals surface area contributed by atoms with Crippen LogP contribution in [-0.4, -0.2) is 8.42 Å². The largest absolute Gasteiger partial charge is 0.377 e. The molecule has 0 aliphatic heterocycles. The molecule has 0 saturated carbocycles. The molecule has 0 aliphatic rings. The van der Waals surface area contributed by atoms with Crippen LogP contribution < -0.4 is 4.18 Å². The number of nitrogens with zero attached hydrogens (tertiary/aromatic N) is 1. The van der Waals surface area contributed by atoms with Gasteiger partial charge < -0.3 is 4.18 Å². The summed E-state index contributed by atoms with van der Waals surface area (Å²) in [6.07, 6.45) is 1.66. The van der Waals surface area contributed by atoms with Crippen molar-refractivity contribution in [1.29, 1.82) is 5.26 Å². The SMILES string of the molecule is N#C/C(=C\c1ccc(OS(=O)(=O)c2ccc(Cl)cc2)c(Cl)c1)c1ccc(Br)cc1. The summed E-state index contributed by atoms with van der Waals surface area (Å²) in [6, 6.07) is 19.7. The first-order chi connectivity index (χ1) is 13.8. The molecular formula is C21H12BrCl2NO3S. The zero-order chi connectivity index (χ0) is 21.0. The molecule has 8 heteroatoms. The van der Waals surface area contributed by atoms with E-state index in [1.165, 1.54) is 36.4 Å². The van der Waals surface area contributed by atoms with Gasteiger partial charge in [0.15, 0.2) is 5.75 Å². The van der Waals surface area contributed by atoms with Crippen molar-refractivity contribution in [2.45, 2.75) is 4.90 Å². The van der Waals surface area contributed by atoms with Crippen molar-refractivity contribution in [2.75, 3.05) is 0 Å². The van der Waals surface area contributed by atoms with E-state index in [1.807, 2.05) is 24.3 Å². The summed E-state index contributed by atoms with van der Waals surface area (Å²) in [5.41, 5.74) is 1.82. The first-order valence-electron chi connectivity index (χ1n) is 8.16. The Morgan fingerprint density at radius 3 is 2.24 bits per heavy atom. The molecule has 3 aromatic carbocycles. The minimum Gasteiger partial charge on any atom is -0.377 e. The molecule has 146 valence electrons. The number of rotatable bonds is 5. The molecule has 3 rings (SSSR count). The molecule has 0 bridgehead atoms. The maximum atomic E-state index is 12.4. The molecule has 4 nitrogen and oxygen atoms in total. The van der Waals surface area contributed by atoms with Crippen LogP contribution in [0.25, 0.3) is 11.6 Å². The van der Waals surface area contributed by atoms with Crippen molar-refractivity contribution in [3.8, 4) is 11.8 Å². The van der Waals surface area contributed by atoms with Crippen LogP contribution in [0.2, 0.25) is 10.0 Å². The van der Waals surface area contributed by atoms with Crippen LogP contribution in [0.4, 0.5) is 0 Å². The first kappa shape index (κ1) is 21.4. The summed E-state index contributed by atoms with van der Waals surface area (Å²) in [7, 11) is -4.06. The molecule has 0 aromatic heterocycles. The lowest BCUT2D eigenvalue weighted by Gasteiger charge is -2.09. The molecule has 0 heterocycles. The molecule has 29 heavy (non-hydrogen) atoms. The predicted molar refractivity (Wildman–Crippen MR) is 118 cm³/mol. The minimum atomic E-state index is -4.06. The van der Waals surface area contributed by atoms with Crippen molar-refractivity contribution in [3.63, 3.8) is 0 Å². The van der Waals surface area contributed by atoms with Gasteiger partial charge in [-0.3, -0.25) is 0 Å². The van der Waals surface area contributed by atoms with Gasteiger partial charge in [-0.25, -0.2) is 0 Å². The van der Waals surface area contributed by atoms with Gasteiger partial charge >= 0.3 is 10.1 Å². The summed E-state index contributed by atoms with van der Waals surface area (Å²) in [5, 5.41) is 9.97. The summed E-state index contributed by atoms with van der Waals surface area (Å²) in [4.78, 5) is -0.0380. The lowest BCUT2D eigenvalue weighted by molar-refractivity contribution is 0.486. The highest BCUT2D eigenvalue weighted by atomic mass is 79.9. The Labute approximate surface area is 187 Å². The van der Waals surface area contributed by atoms with E-state index in [0.717, 1.165) is 10.0 Å². The zero-order valence-corrected chi connectivity index (χ0v) is 18.6. The van der Waals surface area contributed by atoms with E-state index in [-0.39, 0.29) is 15.7 Å². The molecule has 3 aromatic rings. The number of allylic oxidation sites excluding steroid dienone is 1. The molecule has 0 saturated heterocycles. The van der Waals surface area contributed by atoms with E-state index < -0.39 is 10.1 Å². The van der Waals surface area contributed by atoms with Gasteiger partial charge in [0.1, 0.15) is 4.90 Å². The number of nitriles is 1. The average molecular weight is 509 g/mol. The molecule has 0 atom stereocenters. The van der Waals surface area contributed by atoms with Gasteiger partial charge in [-0.2, -0.15) is 13.7 Å². The summed E-state index contributed by atoms with van der Waals surface area (Å²) < 4.78 is 30.9. The minimum absolute atomic E-state index is 0.0130. The maximum Gasteiger partial charge on any atom is 0.339 e. The number of hydrogen-bond acceptors (Lipinski definition) is 4. The van der Waals surface area contributed by atoms with Crippen LogP contribution in [0.15, 0.2) is 76.1 Å². The molecule has 0 fully saturated rings. The van der Waals surface area contributed by atoms with E-state index in [9.17, 15) is 13.7 Å². The fourth-order valence-corrected chi connectivity index (χ4v) is 4.03. The van der Waals surface area contributed by atoms with Gasteiger partial charge in [-0.05, 0) is 65.7 Å². The lowest BCUT2D eigenvalue weighted by atomic mass is 10.0. The molecule has 0 aliphatic carbocycles. The highest BCUT2D eigenvalue weighted by Gasteiger charge is 2.18. The topological polar surface area (TPSA) is 67.2 Å². The third kappa shape index (κ3) is 5.40. The van der Waals surface area contributed by atoms with E-state index >= 15 is 0 Å². The molecule has 0 unspecified atom stereocenters. The van der Waals surface area contributed by atoms with Gasteiger partial charge in [-0.15, -0.1) is 0 Å². The Morgan fingerprint density at radius 2 is 1.66 bits per heavy atom. The van der Waals surface area contributed by atoms with Crippen LogP contribution in [0, 0.1) is 11.3 Å². The van der Waals surface area contributed by atoms with Gasteiger partial charge in [-0.1, -0.05) is 57.3 Å². The van der Waals surface area contributed by atoms with Crippen molar-refractivity contribution < 1.29 is 12.6 Å². The summed E-state index contributed by atoms with van der Waals surface area (Å²) in [6.45, 7) is 0. The van der Waals surface area contributed by atoms with Crippen molar-refractivity contribution >= 4 is 60.9 Å². The van der Waals surface area contributed by atoms with Crippen LogP contribution in [0.1, 0.15) is 11.1 Å². The maximum absolute atomic E-state index is 12.4. The van der Waals surface area contributed by atoms with Crippen molar-refractivity contribution in [2.24, 2.45) is 0 Å². The standard InChI is InChI=1S/C21H12BrCl2NO3S/c22-17-4-2-15(3-5-17)16(13-25)11-14-1-10-21(20(24)12-14)28-29(26,27)19-8-6-18(23)7-9-19/h1-12H/b16-11+. The van der Waals surface area contributed by atoms with Crippen LogP contribution in [0.3, 0.4) is 0 Å². The average Bonchev–Trinajstić information content (AvgIpc) is 2.69. The number of halogens is 3. The monoisotopic (exact) mass is 507 g/mol. The fourth-order valence-electron chi connectivity index (χ4n) is 2.42. The first-order valence-corrected chi connectivity index (χ1v) is 11.1. The van der Waals surface area contributed by atoms with Crippen molar-refractivity contribution in [3.05, 3.63) is 92.4 Å². The van der Waals surface area contributed by atoms with Gasteiger partial charge in [0, 0.05) is 9.50 Å². The second kappa shape index (κ2) is 9.02. The summed E-state index contributed by atoms with van der Waals surface area (Å²) in [5.74, 6) is -0.0130. The molecule has 0 N–H and O–H groups in total. The van der Waals surface area contributed by atoms with E-state index in [0.29, 0.717) is 16.2 Å². The Morgan fingerprint density at radius 1 is 1.00 bits per heavy atom. The highest BCUT2D eigenvalue weighted by molar-refractivity contribution is 9.10. The van der Waals surface area contributed by atoms with Crippen LogP contribution >= 0.6 is 39.1 Å². The second-order valence-electron chi connectivity index (χ2n) is 5.86. The van der Waals surface area contributed by atoms with E-state index in [1.54, 1.807) is 12.1 Å². The Balaban J connectivity index is 1.87. The smallest absolute Gasteiger partial charge is 0.339 e. The molecule has 0 amide bonds. The fraction of sp³-hybridized carbons (Fsp3) is 0.